The summed E-state index contributed by atoms with van der Waals surface area (Å²) < 4.78 is 22.0. The average molecular weight is 276 g/mol. The first-order valence-electron chi connectivity index (χ1n) is 5.28. The number of amides is 1. The van der Waals surface area contributed by atoms with Gasteiger partial charge in [0.2, 0.25) is 0 Å². The van der Waals surface area contributed by atoms with Gasteiger partial charge in [0.15, 0.2) is 0 Å². The van der Waals surface area contributed by atoms with Crippen LogP contribution in [0, 0.1) is 0 Å². The summed E-state index contributed by atoms with van der Waals surface area (Å²) in [6.45, 7) is 2.65. The molecule has 1 amide bonds. The normalized spacial score (nSPS) is 11.2. The molecule has 0 unspecified atom stereocenters. The van der Waals surface area contributed by atoms with E-state index >= 15 is 0 Å². The highest BCUT2D eigenvalue weighted by atomic mass is 35.7. The highest BCUT2D eigenvalue weighted by molar-refractivity contribution is 8.13. The number of hydrogen-bond donors (Lipinski definition) is 1. The second kappa shape index (κ2) is 6.02. The molecule has 1 aromatic carbocycles. The van der Waals surface area contributed by atoms with Gasteiger partial charge in [-0.15, -0.1) is 0 Å². The fourth-order valence-corrected chi connectivity index (χ4v) is 2.02. The van der Waals surface area contributed by atoms with Crippen LogP contribution >= 0.6 is 10.7 Å². The smallest absolute Gasteiger partial charge is 0.261 e. The predicted molar refractivity (Wildman–Crippen MR) is 66.7 cm³/mol. The lowest BCUT2D eigenvalue weighted by Gasteiger charge is -2.04. The molecule has 1 N–H and O–H groups in total. The van der Waals surface area contributed by atoms with Crippen molar-refractivity contribution in [1.82, 2.24) is 5.32 Å². The Morgan fingerprint density at radius 1 is 1.29 bits per heavy atom. The molecule has 4 nitrogen and oxygen atoms in total. The quantitative estimate of drug-likeness (QED) is 0.661. The standard InChI is InChI=1S/C11H14ClNO3S/c1-2-3-8-13-11(14)9-4-6-10(7-5-9)17(12,15)16/h4-7H,2-3,8H2,1H3,(H,13,14). The van der Waals surface area contributed by atoms with Crippen molar-refractivity contribution in [3.05, 3.63) is 29.8 Å². The van der Waals surface area contributed by atoms with Crippen LogP contribution in [0.5, 0.6) is 0 Å². The summed E-state index contributed by atoms with van der Waals surface area (Å²) >= 11 is 0. The Kier molecular flexibility index (Phi) is 4.96. The van der Waals surface area contributed by atoms with Crippen molar-refractivity contribution in [1.29, 1.82) is 0 Å². The van der Waals surface area contributed by atoms with Crippen LogP contribution in [0.3, 0.4) is 0 Å². The van der Waals surface area contributed by atoms with E-state index in [1.54, 1.807) is 0 Å². The molecule has 17 heavy (non-hydrogen) atoms. The number of nitrogens with one attached hydrogen (secondary N) is 1. The molecule has 0 aliphatic carbocycles. The minimum absolute atomic E-state index is 0.00993. The molecular formula is C11H14ClNO3S. The van der Waals surface area contributed by atoms with Crippen LogP contribution in [-0.4, -0.2) is 20.9 Å². The second-order valence-corrected chi connectivity index (χ2v) is 6.14. The van der Waals surface area contributed by atoms with Crippen molar-refractivity contribution in [2.75, 3.05) is 6.54 Å². The van der Waals surface area contributed by atoms with Gasteiger partial charge in [0.25, 0.3) is 15.0 Å². The van der Waals surface area contributed by atoms with Gasteiger partial charge in [0.05, 0.1) is 4.90 Å². The van der Waals surface area contributed by atoms with E-state index in [1.165, 1.54) is 24.3 Å². The molecular weight excluding hydrogens is 262 g/mol. The first-order chi connectivity index (χ1) is 7.95. The zero-order valence-corrected chi connectivity index (χ0v) is 11.0. The maximum Gasteiger partial charge on any atom is 0.261 e. The summed E-state index contributed by atoms with van der Waals surface area (Å²) in [6.07, 6.45) is 1.92. The largest absolute Gasteiger partial charge is 0.352 e. The van der Waals surface area contributed by atoms with E-state index in [4.69, 9.17) is 10.7 Å². The molecule has 0 heterocycles. The topological polar surface area (TPSA) is 63.2 Å². The average Bonchev–Trinajstić information content (AvgIpc) is 2.28. The summed E-state index contributed by atoms with van der Waals surface area (Å²) in [6, 6.07) is 5.52. The lowest BCUT2D eigenvalue weighted by molar-refractivity contribution is 0.0953. The summed E-state index contributed by atoms with van der Waals surface area (Å²) in [5.41, 5.74) is 0.421. The Labute approximate surface area is 105 Å². The van der Waals surface area contributed by atoms with Gasteiger partial charge >= 0.3 is 0 Å². The lowest BCUT2D eigenvalue weighted by Crippen LogP contribution is -2.24. The summed E-state index contributed by atoms with van der Waals surface area (Å²) in [4.78, 5) is 11.6. The number of rotatable bonds is 5. The predicted octanol–water partition coefficient (Wildman–Crippen LogP) is 2.14. The second-order valence-electron chi connectivity index (χ2n) is 3.57. The van der Waals surface area contributed by atoms with Crippen molar-refractivity contribution < 1.29 is 13.2 Å². The van der Waals surface area contributed by atoms with Gasteiger partial charge in [-0.3, -0.25) is 4.79 Å². The SMILES string of the molecule is CCCCNC(=O)c1ccc(S(=O)(=O)Cl)cc1. The summed E-state index contributed by atoms with van der Waals surface area (Å²) in [5.74, 6) is -0.211. The van der Waals surface area contributed by atoms with E-state index < -0.39 is 9.05 Å². The third kappa shape index (κ3) is 4.36. The number of unbranched alkanes of at least 4 members (excludes halogenated alkanes) is 1. The Balaban J connectivity index is 2.71. The Hall–Kier alpha value is -1.07. The van der Waals surface area contributed by atoms with Gasteiger partial charge in [-0.2, -0.15) is 0 Å². The molecule has 0 saturated carbocycles. The molecule has 94 valence electrons. The summed E-state index contributed by atoms with van der Waals surface area (Å²) in [7, 11) is 1.44. The lowest BCUT2D eigenvalue weighted by atomic mass is 10.2. The molecule has 1 rings (SSSR count). The first-order valence-corrected chi connectivity index (χ1v) is 7.59. The molecule has 0 bridgehead atoms. The van der Waals surface area contributed by atoms with Crippen molar-refractivity contribution in [2.24, 2.45) is 0 Å². The molecule has 0 aliphatic rings. The van der Waals surface area contributed by atoms with E-state index in [9.17, 15) is 13.2 Å². The van der Waals surface area contributed by atoms with E-state index in [1.807, 2.05) is 6.92 Å². The molecule has 0 aromatic heterocycles. The van der Waals surface area contributed by atoms with Gasteiger partial charge in [-0.25, -0.2) is 8.42 Å². The molecule has 0 radical (unpaired) electrons. The molecule has 0 spiro atoms. The highest BCUT2D eigenvalue weighted by Gasteiger charge is 2.11. The van der Waals surface area contributed by atoms with Crippen LogP contribution in [0.2, 0.25) is 0 Å². The van der Waals surface area contributed by atoms with Crippen molar-refractivity contribution in [3.63, 3.8) is 0 Å². The fourth-order valence-electron chi connectivity index (χ4n) is 1.25. The Bertz CT molecular complexity index is 482. The fraction of sp³-hybridized carbons (Fsp3) is 0.364. The number of hydrogen-bond acceptors (Lipinski definition) is 3. The minimum Gasteiger partial charge on any atom is -0.352 e. The van der Waals surface area contributed by atoms with Crippen LogP contribution in [-0.2, 0) is 9.05 Å². The van der Waals surface area contributed by atoms with Crippen LogP contribution < -0.4 is 5.32 Å². The number of carbonyl (C=O) groups excluding carboxylic acids is 1. The van der Waals surface area contributed by atoms with E-state index in [0.29, 0.717) is 12.1 Å². The van der Waals surface area contributed by atoms with E-state index in [2.05, 4.69) is 5.32 Å². The molecule has 0 atom stereocenters. The Morgan fingerprint density at radius 3 is 2.35 bits per heavy atom. The van der Waals surface area contributed by atoms with Crippen molar-refractivity contribution >= 4 is 25.6 Å². The molecule has 1 aromatic rings. The van der Waals surface area contributed by atoms with Crippen LogP contribution in [0.15, 0.2) is 29.2 Å². The van der Waals surface area contributed by atoms with Gasteiger partial charge in [-0.05, 0) is 30.7 Å². The maximum absolute atomic E-state index is 11.6. The van der Waals surface area contributed by atoms with Crippen LogP contribution in [0.4, 0.5) is 0 Å². The van der Waals surface area contributed by atoms with Crippen LogP contribution in [0.25, 0.3) is 0 Å². The maximum atomic E-state index is 11.6. The first kappa shape index (κ1) is 14.0. The zero-order valence-electron chi connectivity index (χ0n) is 9.44. The van der Waals surface area contributed by atoms with Gasteiger partial charge < -0.3 is 5.32 Å². The monoisotopic (exact) mass is 275 g/mol. The third-order valence-electron chi connectivity index (χ3n) is 2.21. The number of benzene rings is 1. The molecule has 0 aliphatic heterocycles. The van der Waals surface area contributed by atoms with Gasteiger partial charge in [-0.1, -0.05) is 13.3 Å². The minimum atomic E-state index is -3.73. The van der Waals surface area contributed by atoms with E-state index in [0.717, 1.165) is 12.8 Å². The molecule has 0 fully saturated rings. The number of carbonyl (C=O) groups is 1. The van der Waals surface area contributed by atoms with E-state index in [-0.39, 0.29) is 10.8 Å². The number of halogens is 1. The van der Waals surface area contributed by atoms with Gasteiger partial charge in [0.1, 0.15) is 0 Å². The van der Waals surface area contributed by atoms with Crippen LogP contribution in [0.1, 0.15) is 30.1 Å². The Morgan fingerprint density at radius 2 is 1.88 bits per heavy atom. The van der Waals surface area contributed by atoms with Crippen molar-refractivity contribution in [3.8, 4) is 0 Å². The van der Waals surface area contributed by atoms with Crippen molar-refractivity contribution in [2.45, 2.75) is 24.7 Å². The molecule has 6 heteroatoms. The zero-order chi connectivity index (χ0) is 12.9. The van der Waals surface area contributed by atoms with Gasteiger partial charge in [0, 0.05) is 22.8 Å². The highest BCUT2D eigenvalue weighted by Crippen LogP contribution is 2.15. The molecule has 0 saturated heterocycles. The third-order valence-corrected chi connectivity index (χ3v) is 3.58. The summed E-state index contributed by atoms with van der Waals surface area (Å²) in [5, 5.41) is 2.74.